The van der Waals surface area contributed by atoms with E-state index in [1.165, 1.54) is 69.8 Å². The molecule has 0 saturated heterocycles. The van der Waals surface area contributed by atoms with Crippen LogP contribution < -0.4 is 37.1 Å². The molecule has 224 valence electrons. The minimum atomic E-state index is -0.894. The molecule has 1 atom stereocenters. The van der Waals surface area contributed by atoms with Crippen LogP contribution in [0.15, 0.2) is 188 Å². The molecular formula is C44H33P3. The van der Waals surface area contributed by atoms with Crippen LogP contribution in [0.2, 0.25) is 0 Å². The van der Waals surface area contributed by atoms with Crippen LogP contribution in [0.4, 0.5) is 0 Å². The molecule has 47 heavy (non-hydrogen) atoms. The van der Waals surface area contributed by atoms with E-state index < -0.39 is 15.8 Å². The van der Waals surface area contributed by atoms with E-state index in [-0.39, 0.29) is 0 Å². The second-order valence-corrected chi connectivity index (χ2v) is 16.6. The molecule has 0 nitrogen and oxygen atoms in total. The van der Waals surface area contributed by atoms with E-state index in [9.17, 15) is 0 Å². The van der Waals surface area contributed by atoms with Crippen molar-refractivity contribution in [2.45, 2.75) is 0 Å². The van der Waals surface area contributed by atoms with Crippen LogP contribution in [-0.2, 0) is 0 Å². The van der Waals surface area contributed by atoms with Crippen molar-refractivity contribution in [2.24, 2.45) is 0 Å². The lowest BCUT2D eigenvalue weighted by Crippen LogP contribution is -2.31. The summed E-state index contributed by atoms with van der Waals surface area (Å²) >= 11 is 0. The fourth-order valence-electron chi connectivity index (χ4n) is 6.70. The second-order valence-electron chi connectivity index (χ2n) is 11.6. The van der Waals surface area contributed by atoms with Crippen molar-refractivity contribution in [1.82, 2.24) is 0 Å². The van der Waals surface area contributed by atoms with Crippen molar-refractivity contribution in [2.75, 3.05) is 0 Å². The first-order valence-corrected chi connectivity index (χ1v) is 19.2. The third-order valence-corrected chi connectivity index (χ3v) is 14.5. The van der Waals surface area contributed by atoms with Crippen LogP contribution in [-0.4, -0.2) is 0 Å². The molecule has 0 bridgehead atoms. The van der Waals surface area contributed by atoms with Crippen molar-refractivity contribution < 1.29 is 0 Å². The Morgan fingerprint density at radius 1 is 0.340 bits per heavy atom. The molecule has 0 radical (unpaired) electrons. The summed E-state index contributed by atoms with van der Waals surface area (Å²) in [5, 5.41) is 14.5. The predicted molar refractivity (Wildman–Crippen MR) is 214 cm³/mol. The minimum Gasteiger partial charge on any atom is -0.105 e. The van der Waals surface area contributed by atoms with E-state index in [1.54, 1.807) is 0 Å². The van der Waals surface area contributed by atoms with Gasteiger partial charge in [-0.3, -0.25) is 0 Å². The van der Waals surface area contributed by atoms with Crippen molar-refractivity contribution in [3.05, 3.63) is 188 Å². The highest BCUT2D eigenvalue weighted by molar-refractivity contribution is 7.81. The lowest BCUT2D eigenvalue weighted by atomic mass is 9.93. The number of hydrogen-bond acceptors (Lipinski definition) is 0. The monoisotopic (exact) mass is 654 g/mol. The first-order valence-electron chi connectivity index (χ1n) is 15.9. The van der Waals surface area contributed by atoms with Gasteiger partial charge in [0.1, 0.15) is 0 Å². The highest BCUT2D eigenvalue weighted by Crippen LogP contribution is 2.45. The van der Waals surface area contributed by atoms with Crippen LogP contribution in [0.5, 0.6) is 0 Å². The SMILES string of the molecule is Pc1cc2ccccc2c(-c2c(P(c3ccccc3)c3ccccc3)ccc3ccccc23)c1P(c1ccccc1)c1ccccc1. The van der Waals surface area contributed by atoms with E-state index in [2.05, 4.69) is 197 Å². The molecule has 0 spiro atoms. The summed E-state index contributed by atoms with van der Waals surface area (Å²) < 4.78 is 0. The number of hydrogen-bond donors (Lipinski definition) is 0. The van der Waals surface area contributed by atoms with Gasteiger partial charge in [-0.1, -0.05) is 182 Å². The molecular weight excluding hydrogens is 621 g/mol. The summed E-state index contributed by atoms with van der Waals surface area (Å²) in [4.78, 5) is 0. The number of rotatable bonds is 7. The maximum absolute atomic E-state index is 3.16. The standard InChI is InChI=1S/C44H33P3/c45-40-31-33-18-14-16-28-39(33)43(44(40)47(36-23-9-3-10-24-36)37-25-11-4-12-26-37)42-38-27-15-13-17-32(38)29-30-41(42)46(34-19-5-1-6-20-34)35-21-7-2-8-22-35/h1-31H,45H2. The zero-order chi connectivity index (χ0) is 31.6. The summed E-state index contributed by atoms with van der Waals surface area (Å²) in [6.07, 6.45) is 0. The Labute approximate surface area is 281 Å². The normalized spacial score (nSPS) is 11.5. The number of benzene rings is 8. The molecule has 8 rings (SSSR count). The Balaban J connectivity index is 1.55. The highest BCUT2D eigenvalue weighted by Gasteiger charge is 2.29. The van der Waals surface area contributed by atoms with E-state index in [0.29, 0.717) is 0 Å². The lowest BCUT2D eigenvalue weighted by Gasteiger charge is -2.29. The molecule has 0 aliphatic rings. The van der Waals surface area contributed by atoms with E-state index in [1.807, 2.05) is 0 Å². The zero-order valence-electron chi connectivity index (χ0n) is 25.9. The Morgan fingerprint density at radius 3 is 1.26 bits per heavy atom. The predicted octanol–water partition coefficient (Wildman–Crippen LogP) is 8.68. The molecule has 0 amide bonds. The molecule has 1 unspecified atom stereocenters. The van der Waals surface area contributed by atoms with Crippen LogP contribution in [0.25, 0.3) is 32.7 Å². The Bertz CT molecular complexity index is 2220. The maximum Gasteiger partial charge on any atom is 0.000600 e. The van der Waals surface area contributed by atoms with Gasteiger partial charge in [0.15, 0.2) is 0 Å². The molecule has 0 aromatic heterocycles. The average molecular weight is 655 g/mol. The Hall–Kier alpha value is -4.43. The summed E-state index contributed by atoms with van der Waals surface area (Å²) in [5.41, 5.74) is 2.69. The van der Waals surface area contributed by atoms with Crippen molar-refractivity contribution in [3.8, 4) is 11.1 Å². The third-order valence-electron chi connectivity index (χ3n) is 8.73. The van der Waals surface area contributed by atoms with Gasteiger partial charge in [-0.2, -0.15) is 0 Å². The van der Waals surface area contributed by atoms with Gasteiger partial charge in [0, 0.05) is 5.30 Å². The van der Waals surface area contributed by atoms with Crippen LogP contribution in [0.1, 0.15) is 0 Å². The van der Waals surface area contributed by atoms with Crippen LogP contribution >= 0.6 is 25.1 Å². The van der Waals surface area contributed by atoms with E-state index in [4.69, 9.17) is 0 Å². The maximum atomic E-state index is 3.16. The minimum absolute atomic E-state index is 0.868. The van der Waals surface area contributed by atoms with Gasteiger partial charge in [0.2, 0.25) is 0 Å². The molecule has 0 aliphatic carbocycles. The summed E-state index contributed by atoms with van der Waals surface area (Å²) in [6, 6.07) is 69.5. The van der Waals surface area contributed by atoms with Gasteiger partial charge in [-0.05, 0) is 86.4 Å². The molecule has 0 fully saturated rings. The lowest BCUT2D eigenvalue weighted by molar-refractivity contribution is 1.73. The van der Waals surface area contributed by atoms with Gasteiger partial charge < -0.3 is 0 Å². The van der Waals surface area contributed by atoms with Crippen LogP contribution in [0.3, 0.4) is 0 Å². The largest absolute Gasteiger partial charge is 0.105 e. The van der Waals surface area contributed by atoms with Gasteiger partial charge in [-0.25, -0.2) is 0 Å². The molecule has 8 aromatic carbocycles. The molecule has 0 aliphatic heterocycles. The van der Waals surface area contributed by atoms with E-state index in [0.717, 1.165) is 0 Å². The molecule has 0 heterocycles. The quantitative estimate of drug-likeness (QED) is 0.151. The summed E-state index contributed by atoms with van der Waals surface area (Å²) in [6.45, 7) is 0. The smallest absolute Gasteiger partial charge is 0.000600 e. The molecule has 8 aromatic rings. The summed E-state index contributed by atoms with van der Waals surface area (Å²) in [5.74, 6) is 0. The fraction of sp³-hybridized carbons (Fsp3) is 0. The van der Waals surface area contributed by atoms with Gasteiger partial charge in [-0.15, -0.1) is 9.24 Å². The fourth-order valence-corrected chi connectivity index (χ4v) is 12.4. The highest BCUT2D eigenvalue weighted by atomic mass is 31.1. The molecule has 0 saturated carbocycles. The second kappa shape index (κ2) is 13.4. The Morgan fingerprint density at radius 2 is 0.745 bits per heavy atom. The van der Waals surface area contributed by atoms with Gasteiger partial charge in [0.05, 0.1) is 0 Å². The average Bonchev–Trinajstić information content (AvgIpc) is 3.14. The number of fused-ring (bicyclic) bond motifs is 2. The third kappa shape index (κ3) is 5.73. The first-order chi connectivity index (χ1) is 23.3. The first kappa shape index (κ1) is 29.9. The van der Waals surface area contributed by atoms with Crippen molar-refractivity contribution in [1.29, 1.82) is 0 Å². The van der Waals surface area contributed by atoms with Gasteiger partial charge in [0.25, 0.3) is 0 Å². The van der Waals surface area contributed by atoms with Gasteiger partial charge >= 0.3 is 0 Å². The van der Waals surface area contributed by atoms with Crippen LogP contribution in [0, 0.1) is 0 Å². The van der Waals surface area contributed by atoms with Crippen molar-refractivity contribution in [3.63, 3.8) is 0 Å². The zero-order valence-corrected chi connectivity index (χ0v) is 28.8. The Kier molecular flexibility index (Phi) is 8.51. The van der Waals surface area contributed by atoms with E-state index >= 15 is 0 Å². The molecule has 0 N–H and O–H groups in total. The summed E-state index contributed by atoms with van der Waals surface area (Å²) in [7, 11) is 1.40. The molecule has 3 heteroatoms. The van der Waals surface area contributed by atoms with Crippen molar-refractivity contribution >= 4 is 83.8 Å². The topological polar surface area (TPSA) is 0 Å².